The third kappa shape index (κ3) is 4.14. The number of nitrogens with one attached hydrogen (secondary N) is 1. The van der Waals surface area contributed by atoms with Gasteiger partial charge in [-0.05, 0) is 32.1 Å². The predicted octanol–water partition coefficient (Wildman–Crippen LogP) is 0.825. The molecule has 0 bridgehead atoms. The molecule has 3 heterocycles. The Kier molecular flexibility index (Phi) is 5.50. The van der Waals surface area contributed by atoms with E-state index in [4.69, 9.17) is 4.74 Å². The Morgan fingerprint density at radius 2 is 2.25 bits per heavy atom. The number of aryl methyl sites for hydroxylation is 1. The van der Waals surface area contributed by atoms with Crippen molar-refractivity contribution in [2.45, 2.75) is 50.7 Å². The summed E-state index contributed by atoms with van der Waals surface area (Å²) in [5.74, 6) is 0.511. The highest BCUT2D eigenvalue weighted by Crippen LogP contribution is 2.17. The van der Waals surface area contributed by atoms with Crippen molar-refractivity contribution in [3.05, 3.63) is 22.7 Å². The molecule has 132 valence electrons. The summed E-state index contributed by atoms with van der Waals surface area (Å²) in [6, 6.07) is 0.0570. The van der Waals surface area contributed by atoms with Crippen LogP contribution in [0.1, 0.15) is 38.5 Å². The zero-order valence-corrected chi connectivity index (χ0v) is 14.2. The van der Waals surface area contributed by atoms with Gasteiger partial charge in [0.15, 0.2) is 5.82 Å². The Morgan fingerprint density at radius 1 is 1.38 bits per heavy atom. The molecule has 0 aromatic carbocycles. The smallest absolute Gasteiger partial charge is 0.293 e. The monoisotopic (exact) mass is 334 g/mol. The largest absolute Gasteiger partial charge is 0.378 e. The summed E-state index contributed by atoms with van der Waals surface area (Å²) in [5.41, 5.74) is -0.0971. The average molecular weight is 334 g/mol. The third-order valence-electron chi connectivity index (χ3n) is 4.77. The summed E-state index contributed by atoms with van der Waals surface area (Å²) in [6.45, 7) is 2.19. The molecule has 0 unspecified atom stereocenters. The Balaban J connectivity index is 1.56. The van der Waals surface area contributed by atoms with Gasteiger partial charge in [-0.3, -0.25) is 9.59 Å². The number of hydrogen-bond acceptors (Lipinski definition) is 5. The van der Waals surface area contributed by atoms with Gasteiger partial charge in [0.05, 0.1) is 12.5 Å². The van der Waals surface area contributed by atoms with Crippen molar-refractivity contribution < 1.29 is 9.53 Å². The first-order valence-corrected chi connectivity index (χ1v) is 8.81. The standard InChI is InChI=1S/C17H26N4O3/c1-20-9-7-18-16(17(20)23)21-8-4-5-13(12-21)19-15(22)11-14-6-2-3-10-24-14/h7,9,13-14H,2-6,8,10-12H2,1H3,(H,19,22)/t13-,14-/m0/s1. The van der Waals surface area contributed by atoms with E-state index in [-0.39, 0.29) is 23.6 Å². The SMILES string of the molecule is Cn1ccnc(N2CCC[C@H](NC(=O)C[C@@H]3CCCCO3)C2)c1=O. The molecular weight excluding hydrogens is 308 g/mol. The summed E-state index contributed by atoms with van der Waals surface area (Å²) < 4.78 is 7.16. The maximum absolute atomic E-state index is 12.3. The van der Waals surface area contributed by atoms with Gasteiger partial charge in [0.2, 0.25) is 5.91 Å². The topological polar surface area (TPSA) is 76.5 Å². The minimum absolute atomic E-state index is 0.0441. The van der Waals surface area contributed by atoms with Crippen molar-refractivity contribution in [2.75, 3.05) is 24.6 Å². The molecule has 7 nitrogen and oxygen atoms in total. The number of carbonyl (C=O) groups excluding carboxylic acids is 1. The highest BCUT2D eigenvalue weighted by atomic mass is 16.5. The number of piperidine rings is 1. The van der Waals surface area contributed by atoms with E-state index in [1.807, 2.05) is 4.90 Å². The van der Waals surface area contributed by atoms with Gasteiger partial charge in [-0.1, -0.05) is 0 Å². The molecule has 2 aliphatic rings. The highest BCUT2D eigenvalue weighted by Gasteiger charge is 2.25. The van der Waals surface area contributed by atoms with Crippen LogP contribution in [0.2, 0.25) is 0 Å². The van der Waals surface area contributed by atoms with E-state index in [9.17, 15) is 9.59 Å². The quantitative estimate of drug-likeness (QED) is 0.882. The number of amides is 1. The van der Waals surface area contributed by atoms with Crippen LogP contribution >= 0.6 is 0 Å². The Hall–Kier alpha value is -1.89. The van der Waals surface area contributed by atoms with Crippen molar-refractivity contribution in [3.8, 4) is 0 Å². The van der Waals surface area contributed by atoms with E-state index in [1.165, 1.54) is 4.57 Å². The lowest BCUT2D eigenvalue weighted by atomic mass is 10.0. The molecule has 0 aliphatic carbocycles. The molecule has 1 amide bonds. The number of hydrogen-bond donors (Lipinski definition) is 1. The number of rotatable bonds is 4. The first-order valence-electron chi connectivity index (χ1n) is 8.81. The first-order chi connectivity index (χ1) is 11.6. The van der Waals surface area contributed by atoms with Crippen LogP contribution in [0.4, 0.5) is 5.82 Å². The summed E-state index contributed by atoms with van der Waals surface area (Å²) >= 11 is 0. The van der Waals surface area contributed by atoms with Crippen LogP contribution in [-0.4, -0.2) is 47.3 Å². The minimum atomic E-state index is -0.0971. The van der Waals surface area contributed by atoms with Gasteiger partial charge >= 0.3 is 0 Å². The van der Waals surface area contributed by atoms with Crippen LogP contribution < -0.4 is 15.8 Å². The van der Waals surface area contributed by atoms with E-state index < -0.39 is 0 Å². The normalized spacial score (nSPS) is 24.6. The average Bonchev–Trinajstić information content (AvgIpc) is 2.58. The second-order valence-electron chi connectivity index (χ2n) is 6.71. The third-order valence-corrected chi connectivity index (χ3v) is 4.77. The molecule has 2 atom stereocenters. The van der Waals surface area contributed by atoms with E-state index in [2.05, 4.69) is 10.3 Å². The van der Waals surface area contributed by atoms with E-state index in [0.717, 1.165) is 45.3 Å². The van der Waals surface area contributed by atoms with Crippen molar-refractivity contribution in [2.24, 2.45) is 7.05 Å². The second kappa shape index (κ2) is 7.79. The molecule has 0 radical (unpaired) electrons. The molecular formula is C17H26N4O3. The summed E-state index contributed by atoms with van der Waals surface area (Å²) in [7, 11) is 1.72. The van der Waals surface area contributed by atoms with Crippen molar-refractivity contribution in [1.82, 2.24) is 14.9 Å². The van der Waals surface area contributed by atoms with Gasteiger partial charge in [0, 0.05) is 45.2 Å². The Labute approximate surface area is 142 Å². The molecule has 2 aliphatic heterocycles. The maximum Gasteiger partial charge on any atom is 0.293 e. The Morgan fingerprint density at radius 3 is 3.04 bits per heavy atom. The minimum Gasteiger partial charge on any atom is -0.378 e. The summed E-state index contributed by atoms with van der Waals surface area (Å²) in [5, 5.41) is 3.10. The zero-order valence-electron chi connectivity index (χ0n) is 14.2. The van der Waals surface area contributed by atoms with Crippen molar-refractivity contribution in [1.29, 1.82) is 0 Å². The summed E-state index contributed by atoms with van der Waals surface area (Å²) in [6.07, 6.45) is 8.84. The van der Waals surface area contributed by atoms with Gasteiger partial charge < -0.3 is 19.5 Å². The predicted molar refractivity (Wildman–Crippen MR) is 91.1 cm³/mol. The number of carbonyl (C=O) groups is 1. The zero-order chi connectivity index (χ0) is 16.9. The Bertz CT molecular complexity index is 625. The molecule has 1 N–H and O–H groups in total. The molecule has 2 saturated heterocycles. The van der Waals surface area contributed by atoms with E-state index in [1.54, 1.807) is 19.4 Å². The van der Waals surface area contributed by atoms with Gasteiger partial charge in [-0.25, -0.2) is 4.98 Å². The van der Waals surface area contributed by atoms with Gasteiger partial charge in [0.1, 0.15) is 0 Å². The summed E-state index contributed by atoms with van der Waals surface area (Å²) in [4.78, 5) is 30.7. The number of anilines is 1. The van der Waals surface area contributed by atoms with Gasteiger partial charge in [-0.2, -0.15) is 0 Å². The van der Waals surface area contributed by atoms with Crippen molar-refractivity contribution >= 4 is 11.7 Å². The number of nitrogens with zero attached hydrogens (tertiary/aromatic N) is 3. The fourth-order valence-electron chi connectivity index (χ4n) is 3.45. The van der Waals surface area contributed by atoms with Crippen LogP contribution in [0.5, 0.6) is 0 Å². The van der Waals surface area contributed by atoms with E-state index >= 15 is 0 Å². The molecule has 0 spiro atoms. The molecule has 3 rings (SSSR count). The van der Waals surface area contributed by atoms with Crippen LogP contribution in [0.3, 0.4) is 0 Å². The second-order valence-corrected chi connectivity index (χ2v) is 6.71. The maximum atomic E-state index is 12.3. The van der Waals surface area contributed by atoms with Crippen LogP contribution in [0.25, 0.3) is 0 Å². The molecule has 0 saturated carbocycles. The van der Waals surface area contributed by atoms with Crippen LogP contribution in [0.15, 0.2) is 17.2 Å². The van der Waals surface area contributed by atoms with Crippen LogP contribution in [0, 0.1) is 0 Å². The first kappa shape index (κ1) is 17.0. The molecule has 1 aromatic heterocycles. The lowest BCUT2D eigenvalue weighted by molar-refractivity contribution is -0.125. The van der Waals surface area contributed by atoms with Crippen LogP contribution in [-0.2, 0) is 16.6 Å². The van der Waals surface area contributed by atoms with Gasteiger partial charge in [0.25, 0.3) is 5.56 Å². The fraction of sp³-hybridized carbons (Fsp3) is 0.706. The molecule has 2 fully saturated rings. The molecule has 7 heteroatoms. The number of aromatic nitrogens is 2. The van der Waals surface area contributed by atoms with Crippen molar-refractivity contribution in [3.63, 3.8) is 0 Å². The number of ether oxygens (including phenoxy) is 1. The lowest BCUT2D eigenvalue weighted by Gasteiger charge is -2.34. The highest BCUT2D eigenvalue weighted by molar-refractivity contribution is 5.76. The van der Waals surface area contributed by atoms with Gasteiger partial charge in [-0.15, -0.1) is 0 Å². The fourth-order valence-corrected chi connectivity index (χ4v) is 3.45. The molecule has 1 aromatic rings. The molecule has 24 heavy (non-hydrogen) atoms. The van der Waals surface area contributed by atoms with E-state index in [0.29, 0.717) is 18.8 Å². The lowest BCUT2D eigenvalue weighted by Crippen LogP contribution is -2.50.